The topological polar surface area (TPSA) is 198 Å². The molecule has 1 aromatic heterocycles. The summed E-state index contributed by atoms with van der Waals surface area (Å²) in [6.07, 6.45) is -1.30. The van der Waals surface area contributed by atoms with Crippen molar-refractivity contribution in [1.29, 1.82) is 0 Å². The van der Waals surface area contributed by atoms with Crippen LogP contribution < -0.4 is 15.9 Å². The minimum absolute atomic E-state index is 0.107. The average Bonchev–Trinajstić information content (AvgIpc) is 3.31. The highest BCUT2D eigenvalue weighted by atomic mass is 32.2. The van der Waals surface area contributed by atoms with Crippen LogP contribution in [0.4, 0.5) is 16.2 Å². The third kappa shape index (κ3) is 9.48. The lowest BCUT2D eigenvalue weighted by molar-refractivity contribution is -0.386. The van der Waals surface area contributed by atoms with Gasteiger partial charge in [-0.2, -0.15) is 0 Å². The molecule has 2 heterocycles. The highest BCUT2D eigenvalue weighted by Crippen LogP contribution is 2.50. The van der Waals surface area contributed by atoms with E-state index in [1.54, 1.807) is 30.3 Å². The molecule has 3 atom stereocenters. The molecule has 0 unspecified atom stereocenters. The largest absolute Gasteiger partial charge is 0.508 e. The van der Waals surface area contributed by atoms with E-state index in [1.807, 2.05) is 91.0 Å². The zero-order chi connectivity index (χ0) is 45.2. The van der Waals surface area contributed by atoms with Gasteiger partial charge in [0.25, 0.3) is 11.4 Å². The Kier molecular flexibility index (Phi) is 14.1. The van der Waals surface area contributed by atoms with E-state index in [0.29, 0.717) is 20.9 Å². The molecule has 6 aromatic rings. The number of benzene rings is 5. The fourth-order valence-electron chi connectivity index (χ4n) is 7.69. The molecular formula is C47H39N4O11PS. The van der Waals surface area contributed by atoms with E-state index in [1.165, 1.54) is 54.4 Å². The predicted molar refractivity (Wildman–Crippen MR) is 241 cm³/mol. The van der Waals surface area contributed by atoms with E-state index in [4.69, 9.17) is 14.2 Å². The Hall–Kier alpha value is -7.42. The van der Waals surface area contributed by atoms with Crippen LogP contribution in [-0.4, -0.2) is 60.4 Å². The van der Waals surface area contributed by atoms with Gasteiger partial charge in [-0.3, -0.25) is 29.8 Å². The van der Waals surface area contributed by atoms with Gasteiger partial charge in [0.15, 0.2) is 5.12 Å². The smallest absolute Gasteiger partial charge is 0.456 e. The van der Waals surface area contributed by atoms with Crippen LogP contribution in [0.5, 0.6) is 0 Å². The average molecular weight is 899 g/mol. The first kappa shape index (κ1) is 44.6. The van der Waals surface area contributed by atoms with Gasteiger partial charge in [0, 0.05) is 31.6 Å². The molecule has 0 saturated carbocycles. The molecular weight excluding hydrogens is 860 g/mol. The zero-order valence-electron chi connectivity index (χ0n) is 34.1. The lowest BCUT2D eigenvalue weighted by Gasteiger charge is -2.51. The van der Waals surface area contributed by atoms with Crippen LogP contribution >= 0.6 is 18.6 Å². The van der Waals surface area contributed by atoms with E-state index in [2.05, 4.69) is 4.98 Å². The van der Waals surface area contributed by atoms with Crippen molar-refractivity contribution in [3.63, 3.8) is 0 Å². The maximum atomic E-state index is 15.4. The van der Waals surface area contributed by atoms with Crippen molar-refractivity contribution >= 4 is 74.5 Å². The van der Waals surface area contributed by atoms with Crippen molar-refractivity contribution in [3.8, 4) is 0 Å². The molecule has 1 saturated heterocycles. The maximum Gasteiger partial charge on any atom is 0.508 e. The number of carbonyl (C=O) groups is 4. The number of nitro benzene ring substituents is 2. The van der Waals surface area contributed by atoms with Gasteiger partial charge < -0.3 is 19.1 Å². The molecule has 17 heteroatoms. The highest BCUT2D eigenvalue weighted by molar-refractivity contribution is 8.13. The highest BCUT2D eigenvalue weighted by Gasteiger charge is 2.57. The molecule has 0 radical (unpaired) electrons. The normalized spacial score (nSPS) is 15.0. The number of carbonyl (C=O) groups excluding carboxylic acids is 4. The number of aromatic nitrogens is 1. The van der Waals surface area contributed by atoms with Crippen LogP contribution in [0.25, 0.3) is 0 Å². The second-order valence-corrected chi connectivity index (χ2v) is 18.8. The lowest BCUT2D eigenvalue weighted by atomic mass is 9.81. The van der Waals surface area contributed by atoms with E-state index in [-0.39, 0.29) is 34.3 Å². The fourth-order valence-corrected chi connectivity index (χ4v) is 12.8. The van der Waals surface area contributed by atoms with Gasteiger partial charge in [-0.25, -0.2) is 14.6 Å². The SMILES string of the molecule is C[C@@H](OC(=O)OCc1ccccc1[N+](=O)[O-])[C@H]1C(=O)N(C(C(=O)OCc2ccccc2[N+](=O)[O-])=P(c2ccccc2)(c2ccccc2)c2ccccc2)[C@@H]1CC(=O)Sc1ccccn1. The second kappa shape index (κ2) is 20.2. The number of rotatable bonds is 16. The summed E-state index contributed by atoms with van der Waals surface area (Å²) >= 11 is 0.834. The van der Waals surface area contributed by atoms with Crippen LogP contribution in [0, 0.1) is 26.1 Å². The molecule has 0 bridgehead atoms. The number of pyridine rings is 1. The summed E-state index contributed by atoms with van der Waals surface area (Å²) in [6.45, 7) is -3.11. The molecule has 0 N–H and O–H groups in total. The van der Waals surface area contributed by atoms with Crippen molar-refractivity contribution < 1.29 is 43.2 Å². The number of likely N-dealkylation sites (tertiary alicyclic amines) is 1. The van der Waals surface area contributed by atoms with E-state index < -0.39 is 71.2 Å². The van der Waals surface area contributed by atoms with Gasteiger partial charge in [-0.05, 0) is 58.9 Å². The Morgan fingerprint density at radius 1 is 0.688 bits per heavy atom. The van der Waals surface area contributed by atoms with Crippen molar-refractivity contribution in [2.24, 2.45) is 5.92 Å². The van der Waals surface area contributed by atoms with Crippen LogP contribution in [0.2, 0.25) is 0 Å². The monoisotopic (exact) mass is 898 g/mol. The number of ether oxygens (including phenoxy) is 3. The van der Waals surface area contributed by atoms with E-state index in [0.717, 1.165) is 11.8 Å². The number of para-hydroxylation sites is 2. The maximum absolute atomic E-state index is 15.4. The second-order valence-electron chi connectivity index (χ2n) is 14.4. The number of nitro groups is 2. The molecule has 64 heavy (non-hydrogen) atoms. The first-order chi connectivity index (χ1) is 31.0. The molecule has 1 amide bonds. The van der Waals surface area contributed by atoms with Gasteiger partial charge >= 0.3 is 12.1 Å². The summed E-state index contributed by atoms with van der Waals surface area (Å²) in [5, 5.41) is 25.5. The quantitative estimate of drug-likeness (QED) is 0.0234. The van der Waals surface area contributed by atoms with Crippen LogP contribution in [0.15, 0.2) is 169 Å². The molecule has 15 nitrogen and oxygen atoms in total. The van der Waals surface area contributed by atoms with E-state index >= 15 is 9.59 Å². The number of β-lactam (4-membered cyclic amide) rings is 1. The zero-order valence-corrected chi connectivity index (χ0v) is 35.8. The van der Waals surface area contributed by atoms with Crippen molar-refractivity contribution in [1.82, 2.24) is 9.88 Å². The third-order valence-corrected chi connectivity index (χ3v) is 15.6. The number of hydrogen-bond acceptors (Lipinski definition) is 13. The number of amides is 1. The molecule has 0 aliphatic carbocycles. The fraction of sp³-hybridized carbons (Fsp3) is 0.149. The van der Waals surface area contributed by atoms with Crippen molar-refractivity contribution in [2.45, 2.75) is 43.7 Å². The molecule has 1 aliphatic heterocycles. The number of nitrogens with zero attached hydrogens (tertiary/aromatic N) is 4. The molecule has 7 rings (SSSR count). The Balaban J connectivity index is 1.38. The van der Waals surface area contributed by atoms with Crippen LogP contribution in [-0.2, 0) is 41.8 Å². The number of hydrogen-bond donors (Lipinski definition) is 0. The molecule has 0 spiro atoms. The Labute approximate surface area is 371 Å². The lowest BCUT2D eigenvalue weighted by Crippen LogP contribution is -2.69. The van der Waals surface area contributed by atoms with Gasteiger partial charge in [0.1, 0.15) is 29.8 Å². The number of thioether (sulfide) groups is 1. The molecule has 1 fully saturated rings. The molecule has 1 aliphatic rings. The van der Waals surface area contributed by atoms with Gasteiger partial charge in [-0.15, -0.1) is 0 Å². The van der Waals surface area contributed by atoms with Crippen LogP contribution in [0.1, 0.15) is 24.5 Å². The van der Waals surface area contributed by atoms with Gasteiger partial charge in [-0.1, -0.05) is 121 Å². The van der Waals surface area contributed by atoms with Gasteiger partial charge in [0.2, 0.25) is 5.91 Å². The standard InChI is InChI=1S/C47H39N4O11PS/c1-32(62-47(55)61-31-34-18-12-14-26-39(34)51(58)59)43-40(29-42(52)64-41-27-15-16-28-48-41)49(44(43)53)45(46(54)60-30-33-17-11-13-25-38(33)50(56)57)63(35-19-5-2-6-20-35,36-21-7-3-8-22-36)37-23-9-4-10-24-37/h2-28,32,40,43H,29-31H2,1H3/t32-,40-,43-/m1/s1. The summed E-state index contributed by atoms with van der Waals surface area (Å²) in [7, 11) is 0. The summed E-state index contributed by atoms with van der Waals surface area (Å²) in [6, 6.07) is 42.9. The summed E-state index contributed by atoms with van der Waals surface area (Å²) in [5.41, 5.74) is -0.434. The minimum atomic E-state index is -3.52. The Morgan fingerprint density at radius 2 is 1.16 bits per heavy atom. The Morgan fingerprint density at radius 3 is 1.64 bits per heavy atom. The van der Waals surface area contributed by atoms with Crippen molar-refractivity contribution in [3.05, 3.63) is 195 Å². The first-order valence-corrected chi connectivity index (χ1v) is 22.4. The summed E-state index contributed by atoms with van der Waals surface area (Å²) < 4.78 is 17.0. The number of esters is 1. The third-order valence-electron chi connectivity index (χ3n) is 10.5. The summed E-state index contributed by atoms with van der Waals surface area (Å²) in [4.78, 5) is 85.8. The predicted octanol–water partition coefficient (Wildman–Crippen LogP) is 7.34. The molecule has 5 aromatic carbocycles. The minimum Gasteiger partial charge on any atom is -0.456 e. The molecule has 324 valence electrons. The Bertz CT molecular complexity index is 2640. The van der Waals surface area contributed by atoms with E-state index in [9.17, 15) is 29.8 Å². The van der Waals surface area contributed by atoms with Crippen molar-refractivity contribution in [2.75, 3.05) is 0 Å². The summed E-state index contributed by atoms with van der Waals surface area (Å²) in [5.74, 6) is -2.86. The van der Waals surface area contributed by atoms with Gasteiger partial charge in [0.05, 0.1) is 32.9 Å². The van der Waals surface area contributed by atoms with Crippen LogP contribution in [0.3, 0.4) is 0 Å². The first-order valence-electron chi connectivity index (χ1n) is 19.8.